The maximum Gasteiger partial charge on any atom is 0.243 e. The highest BCUT2D eigenvalue weighted by atomic mass is 79.9. The van der Waals surface area contributed by atoms with Crippen LogP contribution in [0.25, 0.3) is 0 Å². The third-order valence-electron chi connectivity index (χ3n) is 5.68. The number of benzene rings is 3. The van der Waals surface area contributed by atoms with Crippen LogP contribution < -0.4 is 10.1 Å². The molecule has 0 radical (unpaired) electrons. The summed E-state index contributed by atoms with van der Waals surface area (Å²) >= 11 is 9.44. The zero-order valence-electron chi connectivity index (χ0n) is 20.5. The van der Waals surface area contributed by atoms with Crippen LogP contribution >= 0.6 is 27.5 Å². The molecule has 1 unspecified atom stereocenters. The normalized spacial score (nSPS) is 11.5. The molecule has 3 rings (SSSR count). The molecule has 0 aliphatic heterocycles. The number of carbonyl (C=O) groups is 2. The number of rotatable bonds is 13. The molecular weight excluding hydrogens is 540 g/mol. The molecule has 0 saturated carbocycles. The van der Waals surface area contributed by atoms with E-state index in [1.54, 1.807) is 29.2 Å². The standard InChI is InChI=1S/C29H32BrClN2O3/c1-2-17-32-29(35)27(20-22-8-4-3-5-9-22)33(21-23-10-6-11-24(30)19-23)28(34)12-7-18-36-26-15-13-25(31)14-16-26/h3-6,8-11,13-16,19,27H,2,7,12,17-18,20-21H2,1H3,(H,32,35). The predicted molar refractivity (Wildman–Crippen MR) is 148 cm³/mol. The lowest BCUT2D eigenvalue weighted by Gasteiger charge is -2.31. The molecule has 2 amide bonds. The number of ether oxygens (including phenoxy) is 1. The van der Waals surface area contributed by atoms with Crippen LogP contribution in [0.3, 0.4) is 0 Å². The zero-order valence-corrected chi connectivity index (χ0v) is 22.8. The number of halogens is 2. The summed E-state index contributed by atoms with van der Waals surface area (Å²) in [5.41, 5.74) is 1.96. The lowest BCUT2D eigenvalue weighted by atomic mass is 10.0. The zero-order chi connectivity index (χ0) is 25.8. The van der Waals surface area contributed by atoms with E-state index in [-0.39, 0.29) is 18.2 Å². The van der Waals surface area contributed by atoms with Gasteiger partial charge in [0.1, 0.15) is 11.8 Å². The van der Waals surface area contributed by atoms with Crippen molar-refractivity contribution in [2.24, 2.45) is 0 Å². The fourth-order valence-electron chi connectivity index (χ4n) is 3.84. The molecule has 0 aromatic heterocycles. The molecule has 0 fully saturated rings. The Morgan fingerprint density at radius 3 is 2.42 bits per heavy atom. The molecule has 0 spiro atoms. The van der Waals surface area contributed by atoms with Gasteiger partial charge in [-0.15, -0.1) is 0 Å². The van der Waals surface area contributed by atoms with Crippen LogP contribution in [0.2, 0.25) is 5.02 Å². The van der Waals surface area contributed by atoms with E-state index < -0.39 is 6.04 Å². The number of nitrogens with zero attached hydrogens (tertiary/aromatic N) is 1. The van der Waals surface area contributed by atoms with E-state index in [1.165, 1.54) is 0 Å². The van der Waals surface area contributed by atoms with Gasteiger partial charge in [-0.2, -0.15) is 0 Å². The van der Waals surface area contributed by atoms with E-state index in [4.69, 9.17) is 16.3 Å². The molecule has 3 aromatic carbocycles. The number of amides is 2. The van der Waals surface area contributed by atoms with Crippen molar-refractivity contribution < 1.29 is 14.3 Å². The summed E-state index contributed by atoms with van der Waals surface area (Å²) in [5, 5.41) is 3.65. The van der Waals surface area contributed by atoms with Crippen LogP contribution in [0, 0.1) is 0 Å². The Kier molecular flexibility index (Phi) is 11.3. The Balaban J connectivity index is 1.77. The van der Waals surface area contributed by atoms with Crippen molar-refractivity contribution in [3.8, 4) is 5.75 Å². The minimum Gasteiger partial charge on any atom is -0.494 e. The highest BCUT2D eigenvalue weighted by Crippen LogP contribution is 2.20. The first kappa shape index (κ1) is 27.8. The van der Waals surface area contributed by atoms with Gasteiger partial charge in [0.05, 0.1) is 6.61 Å². The van der Waals surface area contributed by atoms with Crippen molar-refractivity contribution in [2.45, 2.75) is 45.2 Å². The smallest absolute Gasteiger partial charge is 0.243 e. The van der Waals surface area contributed by atoms with Crippen molar-refractivity contribution in [3.05, 3.63) is 99.5 Å². The summed E-state index contributed by atoms with van der Waals surface area (Å²) < 4.78 is 6.70. The van der Waals surface area contributed by atoms with E-state index in [2.05, 4.69) is 21.2 Å². The first-order valence-electron chi connectivity index (χ1n) is 12.2. The highest BCUT2D eigenvalue weighted by molar-refractivity contribution is 9.10. The predicted octanol–water partition coefficient (Wildman–Crippen LogP) is 6.43. The molecule has 190 valence electrons. The second-order valence-electron chi connectivity index (χ2n) is 8.55. The summed E-state index contributed by atoms with van der Waals surface area (Å²) in [4.78, 5) is 28.6. The summed E-state index contributed by atoms with van der Waals surface area (Å²) in [6, 6.07) is 24.2. The Morgan fingerprint density at radius 1 is 1.00 bits per heavy atom. The molecule has 0 aliphatic carbocycles. The number of hydrogen-bond donors (Lipinski definition) is 1. The highest BCUT2D eigenvalue weighted by Gasteiger charge is 2.30. The fourth-order valence-corrected chi connectivity index (χ4v) is 4.41. The summed E-state index contributed by atoms with van der Waals surface area (Å²) in [7, 11) is 0. The van der Waals surface area contributed by atoms with E-state index in [0.717, 1.165) is 22.0 Å². The SMILES string of the molecule is CCCNC(=O)C(Cc1ccccc1)N(Cc1cccc(Br)c1)C(=O)CCCOc1ccc(Cl)cc1. The molecule has 0 bridgehead atoms. The molecule has 0 heterocycles. The summed E-state index contributed by atoms with van der Waals surface area (Å²) in [6.07, 6.45) is 2.07. The van der Waals surface area contributed by atoms with E-state index in [1.807, 2.05) is 61.5 Å². The third-order valence-corrected chi connectivity index (χ3v) is 6.42. The molecular formula is C29H32BrClN2O3. The molecule has 5 nitrogen and oxygen atoms in total. The van der Waals surface area contributed by atoms with Crippen LogP contribution in [0.5, 0.6) is 5.75 Å². The molecule has 0 aliphatic rings. The van der Waals surface area contributed by atoms with Gasteiger partial charge in [0, 0.05) is 35.4 Å². The maximum atomic E-state index is 13.6. The quantitative estimate of drug-likeness (QED) is 0.241. The number of nitrogens with one attached hydrogen (secondary N) is 1. The molecule has 0 saturated heterocycles. The fraction of sp³-hybridized carbons (Fsp3) is 0.310. The van der Waals surface area contributed by atoms with E-state index >= 15 is 0 Å². The second kappa shape index (κ2) is 14.7. The van der Waals surface area contributed by atoms with Gasteiger partial charge in [-0.25, -0.2) is 0 Å². The lowest BCUT2D eigenvalue weighted by Crippen LogP contribution is -2.50. The molecule has 3 aromatic rings. The van der Waals surface area contributed by atoms with E-state index in [9.17, 15) is 9.59 Å². The van der Waals surface area contributed by atoms with Gasteiger partial charge in [-0.3, -0.25) is 9.59 Å². The number of carbonyl (C=O) groups excluding carboxylic acids is 2. The minimum absolute atomic E-state index is 0.0812. The number of hydrogen-bond acceptors (Lipinski definition) is 3. The summed E-state index contributed by atoms with van der Waals surface area (Å²) in [5.74, 6) is 0.488. The van der Waals surface area contributed by atoms with Crippen molar-refractivity contribution >= 4 is 39.3 Å². The van der Waals surface area contributed by atoms with Crippen molar-refractivity contribution in [2.75, 3.05) is 13.2 Å². The average molecular weight is 572 g/mol. The van der Waals surface area contributed by atoms with Crippen molar-refractivity contribution in [1.82, 2.24) is 10.2 Å². The first-order valence-corrected chi connectivity index (χ1v) is 13.4. The maximum absolute atomic E-state index is 13.6. The first-order chi connectivity index (χ1) is 17.5. The van der Waals surface area contributed by atoms with Crippen LogP contribution in [0.15, 0.2) is 83.3 Å². The molecule has 36 heavy (non-hydrogen) atoms. The Morgan fingerprint density at radius 2 is 1.72 bits per heavy atom. The van der Waals surface area contributed by atoms with Gasteiger partial charge in [0.25, 0.3) is 0 Å². The Bertz CT molecular complexity index is 1110. The second-order valence-corrected chi connectivity index (χ2v) is 9.91. The van der Waals surface area contributed by atoms with Gasteiger partial charge in [-0.05, 0) is 60.4 Å². The Hall–Kier alpha value is -2.83. The molecule has 1 atom stereocenters. The van der Waals surface area contributed by atoms with Crippen LogP contribution in [-0.2, 0) is 22.6 Å². The lowest BCUT2D eigenvalue weighted by molar-refractivity contribution is -0.141. The summed E-state index contributed by atoms with van der Waals surface area (Å²) in [6.45, 7) is 3.31. The topological polar surface area (TPSA) is 58.6 Å². The Labute approximate surface area is 226 Å². The van der Waals surface area contributed by atoms with Gasteiger partial charge in [0.2, 0.25) is 11.8 Å². The monoisotopic (exact) mass is 570 g/mol. The van der Waals surface area contributed by atoms with Gasteiger partial charge in [-0.1, -0.05) is 76.9 Å². The van der Waals surface area contributed by atoms with Gasteiger partial charge in [0.15, 0.2) is 0 Å². The van der Waals surface area contributed by atoms with E-state index in [0.29, 0.717) is 43.3 Å². The molecule has 1 N–H and O–H groups in total. The largest absolute Gasteiger partial charge is 0.494 e. The van der Waals surface area contributed by atoms with Crippen LogP contribution in [-0.4, -0.2) is 35.9 Å². The van der Waals surface area contributed by atoms with Crippen molar-refractivity contribution in [3.63, 3.8) is 0 Å². The van der Waals surface area contributed by atoms with Crippen LogP contribution in [0.4, 0.5) is 0 Å². The molecule has 7 heteroatoms. The van der Waals surface area contributed by atoms with Gasteiger partial charge >= 0.3 is 0 Å². The average Bonchev–Trinajstić information content (AvgIpc) is 2.88. The van der Waals surface area contributed by atoms with Crippen molar-refractivity contribution in [1.29, 1.82) is 0 Å². The van der Waals surface area contributed by atoms with Gasteiger partial charge < -0.3 is 15.0 Å². The minimum atomic E-state index is -0.623. The van der Waals surface area contributed by atoms with Crippen LogP contribution in [0.1, 0.15) is 37.3 Å². The third kappa shape index (κ3) is 8.99.